The number of rotatable bonds is 2. The Balaban J connectivity index is 1.69. The van der Waals surface area contributed by atoms with Gasteiger partial charge in [0.15, 0.2) is 0 Å². The van der Waals surface area contributed by atoms with E-state index in [1.165, 1.54) is 24.3 Å². The number of amides is 2. The number of ether oxygens (including phenoxy) is 1. The molecule has 0 N–H and O–H groups in total. The molecule has 6 nitrogen and oxygen atoms in total. The number of anilines is 1. The molecule has 21 heavy (non-hydrogen) atoms. The second kappa shape index (κ2) is 4.02. The van der Waals surface area contributed by atoms with Gasteiger partial charge in [-0.25, -0.2) is 4.90 Å². The van der Waals surface area contributed by atoms with Crippen molar-refractivity contribution in [2.45, 2.75) is 12.2 Å². The molecule has 6 heteroatoms. The van der Waals surface area contributed by atoms with Gasteiger partial charge in [0, 0.05) is 0 Å². The molecule has 0 aromatic heterocycles. The summed E-state index contributed by atoms with van der Waals surface area (Å²) < 4.78 is 5.55. The summed E-state index contributed by atoms with van der Waals surface area (Å²) in [4.78, 5) is 36.8. The van der Waals surface area contributed by atoms with Crippen molar-refractivity contribution >= 4 is 23.5 Å². The molecule has 2 amide bonds. The zero-order valence-corrected chi connectivity index (χ0v) is 10.8. The third kappa shape index (κ3) is 1.53. The maximum absolute atomic E-state index is 12.5. The van der Waals surface area contributed by atoms with Gasteiger partial charge in [-0.05, 0) is 17.7 Å². The highest BCUT2D eigenvalue weighted by Gasteiger charge is 2.60. The fraction of sp³-hybridized carbons (Fsp3) is 0.267. The van der Waals surface area contributed by atoms with Gasteiger partial charge >= 0.3 is 0 Å². The fourth-order valence-electron chi connectivity index (χ4n) is 3.30. The lowest BCUT2D eigenvalue weighted by molar-refractivity contribution is -0.255. The maximum Gasteiger partial charge on any atom is 0.240 e. The summed E-state index contributed by atoms with van der Waals surface area (Å²) in [5.74, 6) is -2.80. The first-order valence-corrected chi connectivity index (χ1v) is 6.61. The van der Waals surface area contributed by atoms with Crippen molar-refractivity contribution < 1.29 is 24.2 Å². The van der Waals surface area contributed by atoms with E-state index >= 15 is 0 Å². The van der Waals surface area contributed by atoms with Crippen LogP contribution in [0.2, 0.25) is 0 Å². The van der Waals surface area contributed by atoms with Crippen LogP contribution in [0.3, 0.4) is 0 Å². The molecule has 2 saturated heterocycles. The van der Waals surface area contributed by atoms with Crippen LogP contribution in [0.5, 0.6) is 0 Å². The van der Waals surface area contributed by atoms with Gasteiger partial charge in [-0.3, -0.25) is 9.59 Å². The van der Waals surface area contributed by atoms with E-state index in [1.54, 1.807) is 0 Å². The van der Waals surface area contributed by atoms with Crippen LogP contribution in [-0.4, -0.2) is 30.0 Å². The lowest BCUT2D eigenvalue weighted by atomic mass is 9.85. The molecule has 0 unspecified atom stereocenters. The van der Waals surface area contributed by atoms with Crippen molar-refractivity contribution in [1.82, 2.24) is 0 Å². The Hall–Kier alpha value is -2.47. The fourth-order valence-corrected chi connectivity index (χ4v) is 3.30. The molecule has 3 heterocycles. The lowest BCUT2D eigenvalue weighted by Gasteiger charge is -2.18. The minimum atomic E-state index is -1.30. The van der Waals surface area contributed by atoms with Crippen LogP contribution in [0.1, 0.15) is 10.4 Å². The summed E-state index contributed by atoms with van der Waals surface area (Å²) in [6.45, 7) is 0. The Kier molecular flexibility index (Phi) is 2.35. The quantitative estimate of drug-likeness (QED) is 0.539. The summed E-state index contributed by atoms with van der Waals surface area (Å²) in [5, 5.41) is 10.7. The Labute approximate surface area is 119 Å². The van der Waals surface area contributed by atoms with Gasteiger partial charge in [-0.2, -0.15) is 0 Å². The second-order valence-electron chi connectivity index (χ2n) is 5.35. The number of carboxylic acid groups (broad SMARTS) is 1. The highest BCUT2D eigenvalue weighted by molar-refractivity contribution is 6.23. The van der Waals surface area contributed by atoms with Crippen LogP contribution in [-0.2, 0) is 14.3 Å². The van der Waals surface area contributed by atoms with E-state index in [0.717, 1.165) is 4.90 Å². The molecule has 0 aliphatic carbocycles. The second-order valence-corrected chi connectivity index (χ2v) is 5.35. The molecule has 106 valence electrons. The predicted octanol–water partition coefficient (Wildman–Crippen LogP) is -0.507. The Morgan fingerprint density at radius 1 is 1.00 bits per heavy atom. The number of fused-ring (bicyclic) bond motifs is 5. The number of hydrogen-bond acceptors (Lipinski definition) is 5. The number of hydrogen-bond donors (Lipinski definition) is 0. The van der Waals surface area contributed by atoms with E-state index in [0.29, 0.717) is 5.69 Å². The average Bonchev–Trinajstić information content (AvgIpc) is 3.13. The van der Waals surface area contributed by atoms with Gasteiger partial charge in [-0.15, -0.1) is 0 Å². The zero-order valence-electron chi connectivity index (χ0n) is 10.8. The molecule has 3 aliphatic rings. The highest BCUT2D eigenvalue weighted by Crippen LogP contribution is 2.46. The third-order valence-electron chi connectivity index (χ3n) is 4.27. The standard InChI is InChI=1S/C15H11NO5/c17-13-11-9-5-6-10(21-9)12(11)14(18)16(13)8-3-1-7(2-4-8)15(19)20/h1-6,9-12H,(H,19,20)/p-1/t9-,10+,11-,12+. The molecule has 3 aliphatic heterocycles. The summed E-state index contributed by atoms with van der Waals surface area (Å²) >= 11 is 0. The minimum absolute atomic E-state index is 0.00288. The SMILES string of the molecule is O=C([O-])c1ccc(N2C(=O)[C@@H]3[C@H](C2=O)[C@H]2C=C[C@@H]3O2)cc1. The average molecular weight is 284 g/mol. The lowest BCUT2D eigenvalue weighted by Crippen LogP contribution is -2.34. The minimum Gasteiger partial charge on any atom is -0.545 e. The molecular formula is C15H10NO5-. The number of carbonyl (C=O) groups is 3. The van der Waals surface area contributed by atoms with E-state index in [4.69, 9.17) is 4.74 Å². The third-order valence-corrected chi connectivity index (χ3v) is 4.27. The van der Waals surface area contributed by atoms with E-state index in [1.807, 2.05) is 12.2 Å². The van der Waals surface area contributed by atoms with Crippen LogP contribution in [0, 0.1) is 11.8 Å². The van der Waals surface area contributed by atoms with Crippen LogP contribution in [0.25, 0.3) is 0 Å². The van der Waals surface area contributed by atoms with Crippen LogP contribution >= 0.6 is 0 Å². The van der Waals surface area contributed by atoms with Gasteiger partial charge in [-0.1, -0.05) is 24.3 Å². The number of nitrogens with zero attached hydrogens (tertiary/aromatic N) is 1. The topological polar surface area (TPSA) is 86.7 Å². The smallest absolute Gasteiger partial charge is 0.240 e. The number of benzene rings is 1. The van der Waals surface area contributed by atoms with Crippen LogP contribution < -0.4 is 10.0 Å². The molecule has 2 bridgehead atoms. The number of carbonyl (C=O) groups excluding carboxylic acids is 3. The van der Waals surface area contributed by atoms with Crippen molar-refractivity contribution in [3.8, 4) is 0 Å². The van der Waals surface area contributed by atoms with E-state index in [-0.39, 0.29) is 29.6 Å². The summed E-state index contributed by atoms with van der Waals surface area (Å²) in [6, 6.07) is 5.53. The van der Waals surface area contributed by atoms with Crippen molar-refractivity contribution in [2.24, 2.45) is 11.8 Å². The first kappa shape index (κ1) is 12.3. The summed E-state index contributed by atoms with van der Waals surface area (Å²) in [7, 11) is 0. The van der Waals surface area contributed by atoms with Crippen LogP contribution in [0.4, 0.5) is 5.69 Å². The molecule has 1 aromatic carbocycles. The van der Waals surface area contributed by atoms with E-state index in [2.05, 4.69) is 0 Å². The van der Waals surface area contributed by atoms with Gasteiger partial charge < -0.3 is 14.6 Å². The Bertz CT molecular complexity index is 663. The normalized spacial score (nSPS) is 32.9. The summed E-state index contributed by atoms with van der Waals surface area (Å²) in [5.41, 5.74) is 0.381. The van der Waals surface area contributed by atoms with Crippen molar-refractivity contribution in [2.75, 3.05) is 4.90 Å². The first-order valence-electron chi connectivity index (χ1n) is 6.61. The largest absolute Gasteiger partial charge is 0.545 e. The molecule has 1 aromatic rings. The molecule has 0 spiro atoms. The molecule has 4 atom stereocenters. The maximum atomic E-state index is 12.5. The van der Waals surface area contributed by atoms with Gasteiger partial charge in [0.05, 0.1) is 35.7 Å². The van der Waals surface area contributed by atoms with Crippen LogP contribution in [0.15, 0.2) is 36.4 Å². The number of imide groups is 1. The molecule has 4 rings (SSSR count). The monoisotopic (exact) mass is 284 g/mol. The zero-order chi connectivity index (χ0) is 14.7. The first-order chi connectivity index (χ1) is 10.1. The van der Waals surface area contributed by atoms with Crippen molar-refractivity contribution in [1.29, 1.82) is 0 Å². The number of carboxylic acids is 1. The van der Waals surface area contributed by atoms with Crippen molar-refractivity contribution in [3.63, 3.8) is 0 Å². The molecule has 2 fully saturated rings. The molecule has 0 saturated carbocycles. The van der Waals surface area contributed by atoms with Crippen molar-refractivity contribution in [3.05, 3.63) is 42.0 Å². The predicted molar refractivity (Wildman–Crippen MR) is 68.0 cm³/mol. The molecule has 0 radical (unpaired) electrons. The van der Waals surface area contributed by atoms with E-state index < -0.39 is 17.8 Å². The van der Waals surface area contributed by atoms with Gasteiger partial charge in [0.1, 0.15) is 0 Å². The van der Waals surface area contributed by atoms with Gasteiger partial charge in [0.25, 0.3) is 0 Å². The Morgan fingerprint density at radius 2 is 1.52 bits per heavy atom. The van der Waals surface area contributed by atoms with E-state index in [9.17, 15) is 19.5 Å². The summed E-state index contributed by atoms with van der Waals surface area (Å²) in [6.07, 6.45) is 2.98. The number of aromatic carboxylic acids is 1. The van der Waals surface area contributed by atoms with Gasteiger partial charge in [0.2, 0.25) is 11.8 Å². The molecular weight excluding hydrogens is 274 g/mol. The highest BCUT2D eigenvalue weighted by atomic mass is 16.5. The Morgan fingerprint density at radius 3 is 2.00 bits per heavy atom.